The van der Waals surface area contributed by atoms with E-state index in [1.165, 1.54) is 24.3 Å². The minimum atomic E-state index is -0.529. The summed E-state index contributed by atoms with van der Waals surface area (Å²) < 4.78 is 12.8. The normalized spacial score (nSPS) is 12.3. The zero-order valence-corrected chi connectivity index (χ0v) is 11.0. The van der Waals surface area contributed by atoms with Gasteiger partial charge in [-0.05, 0) is 30.7 Å². The molecular weight excluding hydrogens is 261 g/mol. The molecule has 1 atom stereocenters. The van der Waals surface area contributed by atoms with Crippen LogP contribution in [0.3, 0.4) is 0 Å². The lowest BCUT2D eigenvalue weighted by atomic mass is 10.1. The quantitative estimate of drug-likeness (QED) is 0.648. The van der Waals surface area contributed by atoms with Gasteiger partial charge in [-0.2, -0.15) is 0 Å². The molecule has 2 aromatic rings. The Balaban J connectivity index is 2.05. The van der Waals surface area contributed by atoms with Crippen LogP contribution in [0.15, 0.2) is 36.4 Å². The third kappa shape index (κ3) is 3.00. The van der Waals surface area contributed by atoms with Gasteiger partial charge in [0.05, 0.1) is 0 Å². The molecule has 4 N–H and O–H groups in total. The van der Waals surface area contributed by atoms with Gasteiger partial charge in [-0.3, -0.25) is 0 Å². The van der Waals surface area contributed by atoms with Crippen molar-refractivity contribution in [3.63, 3.8) is 0 Å². The molecule has 2 rings (SSSR count). The predicted molar refractivity (Wildman–Crippen MR) is 73.1 cm³/mol. The van der Waals surface area contributed by atoms with E-state index in [-0.39, 0.29) is 23.4 Å². The van der Waals surface area contributed by atoms with Crippen LogP contribution in [0, 0.1) is 5.82 Å². The van der Waals surface area contributed by atoms with E-state index in [1.54, 1.807) is 12.1 Å². The molecule has 0 saturated heterocycles. The molecular formula is C15H16FNO3. The summed E-state index contributed by atoms with van der Waals surface area (Å²) in [6, 6.07) is 8.92. The SMILES string of the molecule is CC(NCc1ccc(O)c(O)c1O)c1ccc(F)cc1. The number of nitrogens with one attached hydrogen (secondary N) is 1. The molecule has 0 aliphatic carbocycles. The molecule has 0 aliphatic heterocycles. The number of phenolic OH excluding ortho intramolecular Hbond substituents is 3. The highest BCUT2D eigenvalue weighted by Gasteiger charge is 2.12. The number of phenols is 3. The fourth-order valence-electron chi connectivity index (χ4n) is 1.89. The van der Waals surface area contributed by atoms with Gasteiger partial charge in [-0.25, -0.2) is 4.39 Å². The highest BCUT2D eigenvalue weighted by atomic mass is 19.1. The van der Waals surface area contributed by atoms with Gasteiger partial charge < -0.3 is 20.6 Å². The fourth-order valence-corrected chi connectivity index (χ4v) is 1.89. The summed E-state index contributed by atoms with van der Waals surface area (Å²) in [4.78, 5) is 0. The number of hydrogen-bond donors (Lipinski definition) is 4. The summed E-state index contributed by atoms with van der Waals surface area (Å²) >= 11 is 0. The Bertz CT molecular complexity index is 599. The van der Waals surface area contributed by atoms with Gasteiger partial charge in [-0.1, -0.05) is 18.2 Å². The molecule has 2 aromatic carbocycles. The molecule has 0 saturated carbocycles. The topological polar surface area (TPSA) is 72.7 Å². The van der Waals surface area contributed by atoms with Gasteiger partial charge in [0.25, 0.3) is 0 Å². The molecule has 0 aromatic heterocycles. The van der Waals surface area contributed by atoms with Crippen LogP contribution in [0.4, 0.5) is 4.39 Å². The molecule has 0 bridgehead atoms. The van der Waals surface area contributed by atoms with Crippen LogP contribution in [0.5, 0.6) is 17.2 Å². The number of benzene rings is 2. The molecule has 4 nitrogen and oxygen atoms in total. The van der Waals surface area contributed by atoms with Crippen LogP contribution in [-0.2, 0) is 6.54 Å². The third-order valence-electron chi connectivity index (χ3n) is 3.18. The first-order valence-corrected chi connectivity index (χ1v) is 6.20. The van der Waals surface area contributed by atoms with Crippen LogP contribution in [0.25, 0.3) is 0 Å². The fraction of sp³-hybridized carbons (Fsp3) is 0.200. The van der Waals surface area contributed by atoms with Crippen LogP contribution in [-0.4, -0.2) is 15.3 Å². The smallest absolute Gasteiger partial charge is 0.200 e. The maximum Gasteiger partial charge on any atom is 0.200 e. The van der Waals surface area contributed by atoms with Crippen molar-refractivity contribution in [3.8, 4) is 17.2 Å². The maximum absolute atomic E-state index is 12.8. The number of halogens is 1. The number of rotatable bonds is 4. The summed E-state index contributed by atoms with van der Waals surface area (Å²) in [6.45, 7) is 2.21. The van der Waals surface area contributed by atoms with Crippen LogP contribution in [0.2, 0.25) is 0 Å². The molecule has 0 heterocycles. The summed E-state index contributed by atoms with van der Waals surface area (Å²) in [5.74, 6) is -1.53. The largest absolute Gasteiger partial charge is 0.504 e. The van der Waals surface area contributed by atoms with E-state index < -0.39 is 5.75 Å². The number of hydrogen-bond acceptors (Lipinski definition) is 4. The highest BCUT2D eigenvalue weighted by molar-refractivity contribution is 5.53. The molecule has 1 unspecified atom stereocenters. The van der Waals surface area contributed by atoms with Gasteiger partial charge in [0, 0.05) is 18.2 Å². The van der Waals surface area contributed by atoms with Crippen LogP contribution in [0.1, 0.15) is 24.1 Å². The van der Waals surface area contributed by atoms with Gasteiger partial charge in [0.1, 0.15) is 5.82 Å². The monoisotopic (exact) mass is 277 g/mol. The van der Waals surface area contributed by atoms with Crippen molar-refractivity contribution in [1.29, 1.82) is 0 Å². The molecule has 0 amide bonds. The van der Waals surface area contributed by atoms with E-state index in [1.807, 2.05) is 6.92 Å². The van der Waals surface area contributed by atoms with Crippen molar-refractivity contribution in [2.75, 3.05) is 0 Å². The van der Waals surface area contributed by atoms with E-state index in [2.05, 4.69) is 5.32 Å². The van der Waals surface area contributed by atoms with E-state index in [0.717, 1.165) is 5.56 Å². The maximum atomic E-state index is 12.8. The van der Waals surface area contributed by atoms with Crippen molar-refractivity contribution >= 4 is 0 Å². The van der Waals surface area contributed by atoms with Crippen LogP contribution >= 0.6 is 0 Å². The van der Waals surface area contributed by atoms with Gasteiger partial charge in [0.2, 0.25) is 5.75 Å². The average Bonchev–Trinajstić information content (AvgIpc) is 2.44. The average molecular weight is 277 g/mol. The zero-order chi connectivity index (χ0) is 14.7. The second-order valence-electron chi connectivity index (χ2n) is 4.60. The number of aromatic hydroxyl groups is 3. The van der Waals surface area contributed by atoms with E-state index in [9.17, 15) is 19.7 Å². The van der Waals surface area contributed by atoms with E-state index in [4.69, 9.17) is 0 Å². The Hall–Kier alpha value is -2.27. The zero-order valence-electron chi connectivity index (χ0n) is 11.0. The van der Waals surface area contributed by atoms with Crippen LogP contribution < -0.4 is 5.32 Å². The second kappa shape index (κ2) is 5.79. The summed E-state index contributed by atoms with van der Waals surface area (Å²) in [6.07, 6.45) is 0. The lowest BCUT2D eigenvalue weighted by molar-refractivity contribution is 0.363. The lowest BCUT2D eigenvalue weighted by Crippen LogP contribution is -2.18. The molecule has 0 spiro atoms. The summed E-state index contributed by atoms with van der Waals surface area (Å²) in [5.41, 5.74) is 1.38. The Kier molecular flexibility index (Phi) is 4.10. The molecule has 0 fully saturated rings. The third-order valence-corrected chi connectivity index (χ3v) is 3.18. The van der Waals surface area contributed by atoms with Gasteiger partial charge in [-0.15, -0.1) is 0 Å². The molecule has 0 aliphatic rings. The van der Waals surface area contributed by atoms with Gasteiger partial charge in [0.15, 0.2) is 11.5 Å². The van der Waals surface area contributed by atoms with Gasteiger partial charge >= 0.3 is 0 Å². The van der Waals surface area contributed by atoms with E-state index >= 15 is 0 Å². The molecule has 0 radical (unpaired) electrons. The second-order valence-corrected chi connectivity index (χ2v) is 4.60. The van der Waals surface area contributed by atoms with Crippen molar-refractivity contribution in [1.82, 2.24) is 5.32 Å². The Labute approximate surface area is 116 Å². The molecule has 106 valence electrons. The molecule has 5 heteroatoms. The van der Waals surface area contributed by atoms with E-state index in [0.29, 0.717) is 12.1 Å². The van der Waals surface area contributed by atoms with Crippen molar-refractivity contribution in [2.24, 2.45) is 0 Å². The van der Waals surface area contributed by atoms with Crippen molar-refractivity contribution in [2.45, 2.75) is 19.5 Å². The van der Waals surface area contributed by atoms with Crippen molar-refractivity contribution in [3.05, 3.63) is 53.3 Å². The molecule has 20 heavy (non-hydrogen) atoms. The standard InChI is InChI=1S/C15H16FNO3/c1-9(10-2-5-12(16)6-3-10)17-8-11-4-7-13(18)15(20)14(11)19/h2-7,9,17-20H,8H2,1H3. The lowest BCUT2D eigenvalue weighted by Gasteiger charge is -2.15. The Morgan fingerprint density at radius 2 is 1.65 bits per heavy atom. The first kappa shape index (κ1) is 14.1. The first-order chi connectivity index (χ1) is 9.49. The Morgan fingerprint density at radius 3 is 2.30 bits per heavy atom. The minimum absolute atomic E-state index is 0.0501. The minimum Gasteiger partial charge on any atom is -0.504 e. The summed E-state index contributed by atoms with van der Waals surface area (Å²) in [5, 5.41) is 31.5. The first-order valence-electron chi connectivity index (χ1n) is 6.20. The Morgan fingerprint density at radius 1 is 1.00 bits per heavy atom. The highest BCUT2D eigenvalue weighted by Crippen LogP contribution is 2.37. The van der Waals surface area contributed by atoms with Crippen molar-refractivity contribution < 1.29 is 19.7 Å². The predicted octanol–water partition coefficient (Wildman–Crippen LogP) is 2.79. The summed E-state index contributed by atoms with van der Waals surface area (Å²) in [7, 11) is 0.